The molecule has 8 nitrogen and oxygen atoms in total. The summed E-state index contributed by atoms with van der Waals surface area (Å²) in [5, 5.41) is 8.25. The van der Waals surface area contributed by atoms with Crippen molar-refractivity contribution in [3.63, 3.8) is 0 Å². The quantitative estimate of drug-likeness (QED) is 0.318. The number of aromatic nitrogens is 3. The van der Waals surface area contributed by atoms with E-state index < -0.39 is 23.5 Å². The van der Waals surface area contributed by atoms with Gasteiger partial charge in [0.25, 0.3) is 0 Å². The van der Waals surface area contributed by atoms with E-state index in [1.807, 2.05) is 13.8 Å². The molecule has 0 unspecified atom stereocenters. The number of alkyl halides is 3. The van der Waals surface area contributed by atoms with Crippen LogP contribution in [0.2, 0.25) is 0 Å². The third kappa shape index (κ3) is 7.06. The predicted molar refractivity (Wildman–Crippen MR) is 125 cm³/mol. The van der Waals surface area contributed by atoms with Gasteiger partial charge < -0.3 is 20.7 Å². The molecule has 2 rings (SSSR count). The maximum atomic E-state index is 13.7. The molecule has 2 aromatic rings. The molecule has 2 heterocycles. The van der Waals surface area contributed by atoms with E-state index >= 15 is 0 Å². The number of hydrogen-bond donors (Lipinski definition) is 3. The topological polar surface area (TPSA) is 101 Å². The third-order valence-corrected chi connectivity index (χ3v) is 4.43. The van der Waals surface area contributed by atoms with Gasteiger partial charge in [-0.1, -0.05) is 32.6 Å². The second kappa shape index (κ2) is 11.8. The van der Waals surface area contributed by atoms with Crippen LogP contribution in [0.25, 0.3) is 0 Å². The first-order chi connectivity index (χ1) is 16.1. The van der Waals surface area contributed by atoms with Crippen molar-refractivity contribution in [3.8, 4) is 5.88 Å². The van der Waals surface area contributed by atoms with Gasteiger partial charge in [0.1, 0.15) is 11.4 Å². The van der Waals surface area contributed by atoms with Crippen LogP contribution in [0.5, 0.6) is 5.88 Å². The van der Waals surface area contributed by atoms with Crippen molar-refractivity contribution < 1.29 is 22.7 Å². The average molecular weight is 477 g/mol. The van der Waals surface area contributed by atoms with Crippen molar-refractivity contribution in [3.05, 3.63) is 65.8 Å². The van der Waals surface area contributed by atoms with E-state index in [0.717, 1.165) is 6.08 Å². The van der Waals surface area contributed by atoms with Gasteiger partial charge in [0.15, 0.2) is 0 Å². The largest absolute Gasteiger partial charge is 0.481 e. The summed E-state index contributed by atoms with van der Waals surface area (Å²) in [6, 6.07) is 1.58. The Morgan fingerprint density at radius 1 is 1.15 bits per heavy atom. The fourth-order valence-corrected chi connectivity index (χ4v) is 2.79. The van der Waals surface area contributed by atoms with E-state index in [2.05, 4.69) is 37.5 Å². The van der Waals surface area contributed by atoms with Crippen LogP contribution in [0, 0.1) is 6.92 Å². The first kappa shape index (κ1) is 26.4. The molecule has 0 saturated carbocycles. The van der Waals surface area contributed by atoms with Gasteiger partial charge in [0, 0.05) is 18.5 Å². The molecule has 182 valence electrons. The molecule has 1 amide bonds. The van der Waals surface area contributed by atoms with Gasteiger partial charge >= 0.3 is 6.18 Å². The number of methoxy groups -OCH3 is 1. The van der Waals surface area contributed by atoms with Crippen LogP contribution in [0.15, 0.2) is 54.7 Å². The van der Waals surface area contributed by atoms with Crippen molar-refractivity contribution in [1.82, 2.24) is 20.3 Å². The maximum absolute atomic E-state index is 13.7. The molecule has 2 aromatic heterocycles. The molecule has 34 heavy (non-hydrogen) atoms. The van der Waals surface area contributed by atoms with Gasteiger partial charge in [-0.3, -0.25) is 4.79 Å². The van der Waals surface area contributed by atoms with Gasteiger partial charge in [0.05, 0.1) is 24.2 Å². The molecular weight excluding hydrogens is 449 g/mol. The van der Waals surface area contributed by atoms with Crippen LogP contribution in [-0.2, 0) is 11.0 Å². The lowest BCUT2D eigenvalue weighted by Crippen LogP contribution is -2.25. The normalized spacial score (nSPS) is 12.2. The van der Waals surface area contributed by atoms with Crippen LogP contribution < -0.4 is 20.7 Å². The Morgan fingerprint density at radius 2 is 1.82 bits per heavy atom. The number of rotatable bonds is 10. The van der Waals surface area contributed by atoms with Crippen molar-refractivity contribution in [2.24, 2.45) is 0 Å². The molecule has 0 aliphatic rings. The number of pyridine rings is 1. The Labute approximate surface area is 196 Å². The first-order valence-corrected chi connectivity index (χ1v) is 10.5. The number of anilines is 3. The third-order valence-electron chi connectivity index (χ3n) is 4.43. The van der Waals surface area contributed by atoms with Crippen LogP contribution in [0.1, 0.15) is 37.8 Å². The van der Waals surface area contributed by atoms with E-state index in [-0.39, 0.29) is 11.6 Å². The van der Waals surface area contributed by atoms with Crippen molar-refractivity contribution in [2.45, 2.75) is 39.8 Å². The summed E-state index contributed by atoms with van der Waals surface area (Å²) >= 11 is 0. The molecular formula is C23H27F3N6O2. The molecule has 0 bridgehead atoms. The Kier molecular flexibility index (Phi) is 9.17. The second-order valence-corrected chi connectivity index (χ2v) is 6.99. The Morgan fingerprint density at radius 3 is 2.41 bits per heavy atom. The lowest BCUT2D eigenvalue weighted by atomic mass is 10.2. The fourth-order valence-electron chi connectivity index (χ4n) is 2.79. The highest BCUT2D eigenvalue weighted by atomic mass is 19.4. The molecule has 0 radical (unpaired) electrons. The number of allylic oxidation sites excluding steroid dienone is 2. The zero-order chi connectivity index (χ0) is 25.3. The lowest BCUT2D eigenvalue weighted by molar-refractivity contribution is -0.137. The van der Waals surface area contributed by atoms with E-state index in [0.29, 0.717) is 41.9 Å². The predicted octanol–water partition coefficient (Wildman–Crippen LogP) is 5.25. The van der Waals surface area contributed by atoms with Gasteiger partial charge in [0.2, 0.25) is 17.7 Å². The number of hydrogen-bond acceptors (Lipinski definition) is 7. The maximum Gasteiger partial charge on any atom is 0.421 e. The lowest BCUT2D eigenvalue weighted by Gasteiger charge is -2.19. The Hall–Kier alpha value is -3.89. The minimum absolute atomic E-state index is 0.0705. The molecule has 0 aromatic carbocycles. The van der Waals surface area contributed by atoms with E-state index in [9.17, 15) is 18.0 Å². The molecule has 0 saturated heterocycles. The first-order valence-electron chi connectivity index (χ1n) is 10.5. The standard InChI is InChI=1S/C23H27F3N6O2/c1-6-9-16(29-19(33)8-3)17(10-7-2)30-21-15(23(24,25)26)13-28-22(32-21)31-18-11-20(34-5)27-12-14(18)4/h8-13H,3,6-7H2,1-2,4-5H3,(H,29,33)(H2,27,28,30,31,32)/b16-9+,17-10+. The van der Waals surface area contributed by atoms with Crippen LogP contribution in [-0.4, -0.2) is 28.0 Å². The van der Waals surface area contributed by atoms with Crippen molar-refractivity contribution >= 4 is 23.4 Å². The second-order valence-electron chi connectivity index (χ2n) is 6.99. The van der Waals surface area contributed by atoms with Crippen molar-refractivity contribution in [2.75, 3.05) is 17.7 Å². The average Bonchev–Trinajstić information content (AvgIpc) is 2.79. The minimum atomic E-state index is -4.72. The summed E-state index contributed by atoms with van der Waals surface area (Å²) in [7, 11) is 1.45. The zero-order valence-electron chi connectivity index (χ0n) is 19.4. The summed E-state index contributed by atoms with van der Waals surface area (Å²) in [6.07, 6.45) is 2.95. The highest BCUT2D eigenvalue weighted by Gasteiger charge is 2.35. The SMILES string of the molecule is C=CC(=O)NC(=C/CC)/C(=C\CC)Nc1nc(Nc2cc(OC)ncc2C)ncc1C(F)(F)F. The number of nitrogens with one attached hydrogen (secondary N) is 3. The summed E-state index contributed by atoms with van der Waals surface area (Å²) in [5.74, 6) is -0.720. The fraction of sp³-hybridized carbons (Fsp3) is 0.304. The summed E-state index contributed by atoms with van der Waals surface area (Å²) in [5.41, 5.74) is 0.744. The smallest absolute Gasteiger partial charge is 0.421 e. The van der Waals surface area contributed by atoms with Crippen LogP contribution >= 0.6 is 0 Å². The molecule has 0 aliphatic carbocycles. The van der Waals surface area contributed by atoms with E-state index in [1.165, 1.54) is 7.11 Å². The van der Waals surface area contributed by atoms with Gasteiger partial charge in [-0.15, -0.1) is 0 Å². The van der Waals surface area contributed by atoms with Crippen LogP contribution in [0.4, 0.5) is 30.6 Å². The number of carbonyl (C=O) groups is 1. The molecule has 0 fully saturated rings. The molecule has 0 aliphatic heterocycles. The van der Waals surface area contributed by atoms with E-state index in [4.69, 9.17) is 4.74 Å². The minimum Gasteiger partial charge on any atom is -0.481 e. The summed E-state index contributed by atoms with van der Waals surface area (Å²) < 4.78 is 46.3. The number of nitrogens with zero attached hydrogens (tertiary/aromatic N) is 3. The van der Waals surface area contributed by atoms with Gasteiger partial charge in [-0.25, -0.2) is 9.97 Å². The van der Waals surface area contributed by atoms with E-state index in [1.54, 1.807) is 31.3 Å². The highest BCUT2D eigenvalue weighted by molar-refractivity contribution is 5.89. The van der Waals surface area contributed by atoms with Gasteiger partial charge in [-0.05, 0) is 31.4 Å². The molecule has 11 heteroatoms. The summed E-state index contributed by atoms with van der Waals surface area (Å²) in [6.45, 7) is 8.83. The highest BCUT2D eigenvalue weighted by Crippen LogP contribution is 2.35. The monoisotopic (exact) mass is 476 g/mol. The molecule has 0 atom stereocenters. The number of halogens is 3. The number of amides is 1. The molecule has 0 spiro atoms. The molecule has 3 N–H and O–H groups in total. The zero-order valence-corrected chi connectivity index (χ0v) is 19.4. The van der Waals surface area contributed by atoms with Crippen LogP contribution in [0.3, 0.4) is 0 Å². The number of carbonyl (C=O) groups excluding carboxylic acids is 1. The Balaban J connectivity index is 2.52. The number of ether oxygens (including phenoxy) is 1. The number of aryl methyl sites for hydroxylation is 1. The van der Waals surface area contributed by atoms with Crippen molar-refractivity contribution in [1.29, 1.82) is 0 Å². The Bertz CT molecular complexity index is 1100. The summed E-state index contributed by atoms with van der Waals surface area (Å²) in [4.78, 5) is 23.9. The van der Waals surface area contributed by atoms with Gasteiger partial charge in [-0.2, -0.15) is 18.2 Å².